The van der Waals surface area contributed by atoms with Gasteiger partial charge in [0, 0.05) is 12.6 Å². The van der Waals surface area contributed by atoms with Crippen LogP contribution in [-0.4, -0.2) is 42.3 Å². The molecule has 1 saturated carbocycles. The van der Waals surface area contributed by atoms with Crippen molar-refractivity contribution >= 4 is 11.9 Å². The molecular formula is C20H24F3NO4. The van der Waals surface area contributed by atoms with E-state index in [2.05, 4.69) is 25.5 Å². The molecule has 1 amide bonds. The molecule has 154 valence electrons. The molecule has 8 heteroatoms. The third-order valence-electron chi connectivity index (χ3n) is 5.39. The highest BCUT2D eigenvalue weighted by atomic mass is 19.4. The van der Waals surface area contributed by atoms with E-state index in [1.807, 2.05) is 4.90 Å². The fourth-order valence-electron chi connectivity index (χ4n) is 4.84. The molecule has 1 heterocycles. The van der Waals surface area contributed by atoms with E-state index in [4.69, 9.17) is 4.74 Å². The molecule has 0 N–H and O–H groups in total. The van der Waals surface area contributed by atoms with Gasteiger partial charge in [0.2, 0.25) is 0 Å². The van der Waals surface area contributed by atoms with Crippen molar-refractivity contribution in [3.63, 3.8) is 0 Å². The summed E-state index contributed by atoms with van der Waals surface area (Å²) >= 11 is 0. The van der Waals surface area contributed by atoms with E-state index < -0.39 is 18.1 Å². The summed E-state index contributed by atoms with van der Waals surface area (Å²) in [5, 5.41) is 0. The molecule has 2 fully saturated rings. The summed E-state index contributed by atoms with van der Waals surface area (Å²) in [6.07, 6.45) is -1.88. The number of hydrogen-bond donors (Lipinski definition) is 0. The van der Waals surface area contributed by atoms with Gasteiger partial charge in [0.15, 0.2) is 6.61 Å². The van der Waals surface area contributed by atoms with Crippen LogP contribution >= 0.6 is 0 Å². The summed E-state index contributed by atoms with van der Waals surface area (Å²) in [6.45, 7) is 6.87. The number of carbonyl (C=O) groups is 2. The molecule has 1 saturated heterocycles. The zero-order valence-corrected chi connectivity index (χ0v) is 16.1. The van der Waals surface area contributed by atoms with Crippen LogP contribution < -0.4 is 4.74 Å². The molecule has 1 aromatic rings. The van der Waals surface area contributed by atoms with Crippen molar-refractivity contribution in [1.29, 1.82) is 0 Å². The Labute approximate surface area is 161 Å². The van der Waals surface area contributed by atoms with Gasteiger partial charge in [-0.05, 0) is 54.4 Å². The largest absolute Gasteiger partial charge is 0.573 e. The minimum absolute atomic E-state index is 0.0515. The number of carbonyl (C=O) groups excluding carboxylic acids is 2. The summed E-state index contributed by atoms with van der Waals surface area (Å²) in [5.74, 6) is -1.43. The van der Waals surface area contributed by atoms with Gasteiger partial charge in [-0.3, -0.25) is 4.79 Å². The van der Waals surface area contributed by atoms with Gasteiger partial charge in [-0.2, -0.15) is 0 Å². The standard InChI is InChI=1S/C20H24F3NO4/c1-18(2)8-14-9-19(3,11-18)12-24(14)16(25)10-27-17(26)13-4-6-15(7-5-13)28-20(21,22)23/h4-7,14H,8-12H2,1-3H3/t14-,19-/m0/s1. The first-order chi connectivity index (χ1) is 12.9. The van der Waals surface area contributed by atoms with Gasteiger partial charge in [-0.1, -0.05) is 20.8 Å². The maximum Gasteiger partial charge on any atom is 0.573 e. The Kier molecular flexibility index (Phi) is 5.10. The lowest BCUT2D eigenvalue weighted by atomic mass is 9.65. The number of esters is 1. The molecule has 2 aliphatic rings. The number of benzene rings is 1. The van der Waals surface area contributed by atoms with Gasteiger partial charge in [-0.25, -0.2) is 4.79 Å². The lowest BCUT2D eigenvalue weighted by Gasteiger charge is -2.39. The smallest absolute Gasteiger partial charge is 0.452 e. The highest BCUT2D eigenvalue weighted by Crippen LogP contribution is 2.52. The zero-order chi connectivity index (χ0) is 20.7. The van der Waals surface area contributed by atoms with Crippen LogP contribution in [0.15, 0.2) is 24.3 Å². The molecule has 2 atom stereocenters. The van der Waals surface area contributed by atoms with Crippen LogP contribution in [0.25, 0.3) is 0 Å². The second-order valence-corrected chi connectivity index (χ2v) is 8.88. The number of ether oxygens (including phenoxy) is 2. The Morgan fingerprint density at radius 3 is 2.39 bits per heavy atom. The Morgan fingerprint density at radius 2 is 1.79 bits per heavy atom. The second-order valence-electron chi connectivity index (χ2n) is 8.88. The molecular weight excluding hydrogens is 375 g/mol. The molecule has 28 heavy (non-hydrogen) atoms. The SMILES string of the molecule is CC1(C)C[C@H]2C[C@](C)(CN2C(=O)COC(=O)c2ccc(OC(F)(F)F)cc2)C1. The minimum atomic E-state index is -4.80. The summed E-state index contributed by atoms with van der Waals surface area (Å²) in [6, 6.07) is 4.54. The fourth-order valence-corrected chi connectivity index (χ4v) is 4.84. The van der Waals surface area contributed by atoms with Gasteiger partial charge < -0.3 is 14.4 Å². The monoisotopic (exact) mass is 399 g/mol. The lowest BCUT2D eigenvalue weighted by molar-refractivity contribution is -0.274. The maximum absolute atomic E-state index is 12.6. The van der Waals surface area contributed by atoms with Crippen LogP contribution in [0.4, 0.5) is 13.2 Å². The number of fused-ring (bicyclic) bond motifs is 2. The Morgan fingerprint density at radius 1 is 1.14 bits per heavy atom. The zero-order valence-electron chi connectivity index (χ0n) is 16.1. The van der Waals surface area contributed by atoms with E-state index in [0.29, 0.717) is 6.54 Å². The van der Waals surface area contributed by atoms with Gasteiger partial charge in [0.05, 0.1) is 5.56 Å². The molecule has 2 bridgehead atoms. The lowest BCUT2D eigenvalue weighted by Crippen LogP contribution is -2.39. The van der Waals surface area contributed by atoms with Crippen molar-refractivity contribution in [2.75, 3.05) is 13.2 Å². The predicted molar refractivity (Wildman–Crippen MR) is 94.6 cm³/mol. The van der Waals surface area contributed by atoms with Crippen molar-refractivity contribution in [1.82, 2.24) is 4.90 Å². The number of likely N-dealkylation sites (tertiary alicyclic amines) is 1. The molecule has 1 aromatic carbocycles. The van der Waals surface area contributed by atoms with Crippen LogP contribution in [-0.2, 0) is 9.53 Å². The molecule has 5 nitrogen and oxygen atoms in total. The molecule has 0 radical (unpaired) electrons. The number of hydrogen-bond acceptors (Lipinski definition) is 4. The number of amides is 1. The third-order valence-corrected chi connectivity index (χ3v) is 5.39. The van der Waals surface area contributed by atoms with Crippen molar-refractivity contribution in [3.8, 4) is 5.75 Å². The van der Waals surface area contributed by atoms with Crippen LogP contribution in [0.2, 0.25) is 0 Å². The van der Waals surface area contributed by atoms with Gasteiger partial charge >= 0.3 is 12.3 Å². The Balaban J connectivity index is 1.56. The van der Waals surface area contributed by atoms with E-state index in [1.54, 1.807) is 0 Å². The van der Waals surface area contributed by atoms with E-state index in [9.17, 15) is 22.8 Å². The van der Waals surface area contributed by atoms with Crippen LogP contribution in [0.1, 0.15) is 50.4 Å². The van der Waals surface area contributed by atoms with Crippen molar-refractivity contribution in [3.05, 3.63) is 29.8 Å². The fraction of sp³-hybridized carbons (Fsp3) is 0.600. The number of nitrogens with zero attached hydrogens (tertiary/aromatic N) is 1. The third kappa shape index (κ3) is 4.77. The number of halogens is 3. The highest BCUT2D eigenvalue weighted by Gasteiger charge is 2.50. The first-order valence-electron chi connectivity index (χ1n) is 9.18. The molecule has 0 spiro atoms. The average molecular weight is 399 g/mol. The minimum Gasteiger partial charge on any atom is -0.452 e. The molecule has 0 aromatic heterocycles. The Bertz CT molecular complexity index is 760. The summed E-state index contributed by atoms with van der Waals surface area (Å²) in [5.41, 5.74) is 0.305. The number of rotatable bonds is 4. The first kappa shape index (κ1) is 20.5. The summed E-state index contributed by atoms with van der Waals surface area (Å²) in [4.78, 5) is 26.5. The Hall–Kier alpha value is -2.25. The normalized spacial score (nSPS) is 26.1. The first-order valence-corrected chi connectivity index (χ1v) is 9.18. The summed E-state index contributed by atoms with van der Waals surface area (Å²) < 4.78 is 45.3. The summed E-state index contributed by atoms with van der Waals surface area (Å²) in [7, 11) is 0. The average Bonchev–Trinajstić information content (AvgIpc) is 2.80. The van der Waals surface area contributed by atoms with Crippen molar-refractivity contribution in [2.24, 2.45) is 10.8 Å². The highest BCUT2D eigenvalue weighted by molar-refractivity contribution is 5.91. The van der Waals surface area contributed by atoms with Gasteiger partial charge in [0.1, 0.15) is 5.75 Å². The van der Waals surface area contributed by atoms with E-state index in [-0.39, 0.29) is 34.9 Å². The van der Waals surface area contributed by atoms with Gasteiger partial charge in [0.25, 0.3) is 5.91 Å². The number of alkyl halides is 3. The van der Waals surface area contributed by atoms with E-state index >= 15 is 0 Å². The van der Waals surface area contributed by atoms with Crippen molar-refractivity contribution < 1.29 is 32.2 Å². The van der Waals surface area contributed by atoms with E-state index in [1.165, 1.54) is 12.1 Å². The van der Waals surface area contributed by atoms with Gasteiger partial charge in [-0.15, -0.1) is 13.2 Å². The molecule has 1 aliphatic heterocycles. The second kappa shape index (κ2) is 6.97. The molecule has 3 rings (SSSR count). The topological polar surface area (TPSA) is 55.8 Å². The van der Waals surface area contributed by atoms with Crippen LogP contribution in [0, 0.1) is 10.8 Å². The molecule has 0 unspecified atom stereocenters. The maximum atomic E-state index is 12.6. The van der Waals surface area contributed by atoms with E-state index in [0.717, 1.165) is 31.4 Å². The van der Waals surface area contributed by atoms with Crippen LogP contribution in [0.3, 0.4) is 0 Å². The van der Waals surface area contributed by atoms with Crippen LogP contribution in [0.5, 0.6) is 5.75 Å². The molecule has 1 aliphatic carbocycles. The quantitative estimate of drug-likeness (QED) is 0.713. The predicted octanol–water partition coefficient (Wildman–Crippen LogP) is 4.17. The van der Waals surface area contributed by atoms with Crippen molar-refractivity contribution in [2.45, 2.75) is 52.4 Å².